The third-order valence-electron chi connectivity index (χ3n) is 0.120. The van der Waals surface area contributed by atoms with Crippen LogP contribution in [0.3, 0.4) is 0 Å². The fourth-order valence-corrected chi connectivity index (χ4v) is 0. The SMILES string of the molecule is N=C(N)NO.NP(O)O. The van der Waals surface area contributed by atoms with E-state index in [0.29, 0.717) is 0 Å². The highest BCUT2D eigenvalue weighted by Gasteiger charge is 1.72. The van der Waals surface area contributed by atoms with Gasteiger partial charge in [-0.2, -0.15) is 0 Å². The van der Waals surface area contributed by atoms with Crippen molar-refractivity contribution in [2.75, 3.05) is 0 Å². The van der Waals surface area contributed by atoms with Gasteiger partial charge in [0.15, 0.2) is 0 Å². The highest BCUT2D eigenvalue weighted by Crippen LogP contribution is 2.05. The molecule has 0 rings (SSSR count). The molecule has 0 unspecified atom stereocenters. The molecule has 0 aromatic rings. The summed E-state index contributed by atoms with van der Waals surface area (Å²) in [6.07, 6.45) is 0. The molecule has 8 heteroatoms. The lowest BCUT2D eigenvalue weighted by molar-refractivity contribution is 0.232. The van der Waals surface area contributed by atoms with Crippen LogP contribution >= 0.6 is 8.53 Å². The van der Waals surface area contributed by atoms with E-state index in [1.54, 1.807) is 0 Å². The van der Waals surface area contributed by atoms with E-state index in [9.17, 15) is 0 Å². The molecule has 0 aliphatic rings. The first-order chi connectivity index (χ1) is 4.00. The maximum absolute atomic E-state index is 7.54. The number of hydrogen-bond acceptors (Lipinski definition) is 5. The molecule has 0 fully saturated rings. The molecule has 0 aromatic heterocycles. The van der Waals surface area contributed by atoms with Crippen molar-refractivity contribution in [1.82, 2.24) is 5.48 Å². The average molecular weight is 156 g/mol. The summed E-state index contributed by atoms with van der Waals surface area (Å²) in [6, 6.07) is 0. The molecular weight excluding hydrogens is 147 g/mol. The molecule has 56 valence electrons. The van der Waals surface area contributed by atoms with Gasteiger partial charge in [-0.15, -0.1) is 0 Å². The van der Waals surface area contributed by atoms with E-state index >= 15 is 0 Å². The van der Waals surface area contributed by atoms with Crippen LogP contribution in [0.4, 0.5) is 0 Å². The van der Waals surface area contributed by atoms with Crippen LogP contribution in [0.2, 0.25) is 0 Å². The summed E-state index contributed by atoms with van der Waals surface area (Å²) in [4.78, 5) is 14.9. The molecule has 0 amide bonds. The fraction of sp³-hybridized carbons (Fsp3) is 0. The predicted octanol–water partition coefficient (Wildman–Crippen LogP) is -1.98. The van der Waals surface area contributed by atoms with Gasteiger partial charge in [0.25, 0.3) is 0 Å². The lowest BCUT2D eigenvalue weighted by atomic mass is 11.1. The number of hydrogen-bond donors (Lipinski definition) is 7. The molecule has 0 aromatic carbocycles. The Kier molecular flexibility index (Phi) is 9.51. The highest BCUT2D eigenvalue weighted by atomic mass is 31.2. The quantitative estimate of drug-likeness (QED) is 0.0934. The summed E-state index contributed by atoms with van der Waals surface area (Å²) < 4.78 is 0. The molecule has 7 nitrogen and oxygen atoms in total. The highest BCUT2D eigenvalue weighted by molar-refractivity contribution is 7.42. The van der Waals surface area contributed by atoms with Gasteiger partial charge in [-0.05, 0) is 0 Å². The molecule has 9 N–H and O–H groups in total. The van der Waals surface area contributed by atoms with Gasteiger partial charge < -0.3 is 15.5 Å². The molecule has 0 saturated heterocycles. The first-order valence-electron chi connectivity index (χ1n) is 1.67. The lowest BCUT2D eigenvalue weighted by Crippen LogP contribution is -2.26. The van der Waals surface area contributed by atoms with Gasteiger partial charge in [-0.1, -0.05) is 0 Å². The number of rotatable bonds is 0. The first-order valence-corrected chi connectivity index (χ1v) is 2.99. The zero-order valence-corrected chi connectivity index (χ0v) is 5.34. The van der Waals surface area contributed by atoms with Gasteiger partial charge in [0.05, 0.1) is 0 Å². The Morgan fingerprint density at radius 1 is 1.56 bits per heavy atom. The van der Waals surface area contributed by atoms with Crippen LogP contribution < -0.4 is 16.7 Å². The Morgan fingerprint density at radius 3 is 1.67 bits per heavy atom. The van der Waals surface area contributed by atoms with Crippen LogP contribution in [0.5, 0.6) is 0 Å². The Labute approximate surface area is 52.7 Å². The molecule has 0 saturated carbocycles. The van der Waals surface area contributed by atoms with Crippen LogP contribution in [0.15, 0.2) is 0 Å². The summed E-state index contributed by atoms with van der Waals surface area (Å²) in [5.41, 5.74) is 10.2. The zero-order valence-electron chi connectivity index (χ0n) is 4.44. The average Bonchev–Trinajstić information content (AvgIpc) is 1.65. The Bertz CT molecular complexity index is 73.5. The van der Waals surface area contributed by atoms with E-state index in [2.05, 4.69) is 11.2 Å². The van der Waals surface area contributed by atoms with Gasteiger partial charge >= 0.3 is 0 Å². The van der Waals surface area contributed by atoms with E-state index in [-0.39, 0.29) is 0 Å². The smallest absolute Gasteiger partial charge is 0.247 e. The Balaban J connectivity index is 0. The molecule has 0 aliphatic carbocycles. The van der Waals surface area contributed by atoms with E-state index in [1.807, 2.05) is 0 Å². The Morgan fingerprint density at radius 2 is 1.67 bits per heavy atom. The van der Waals surface area contributed by atoms with Crippen molar-refractivity contribution in [3.63, 3.8) is 0 Å². The maximum Gasteiger partial charge on any atom is 0.247 e. The van der Waals surface area contributed by atoms with Crippen molar-refractivity contribution in [2.45, 2.75) is 0 Å². The van der Waals surface area contributed by atoms with Crippen molar-refractivity contribution in [3.8, 4) is 0 Å². The van der Waals surface area contributed by atoms with Crippen LogP contribution in [-0.4, -0.2) is 21.0 Å². The van der Waals surface area contributed by atoms with Crippen LogP contribution in [0, 0.1) is 5.41 Å². The van der Waals surface area contributed by atoms with Crippen LogP contribution in [0.25, 0.3) is 0 Å². The summed E-state index contributed by atoms with van der Waals surface area (Å²) in [5.74, 6) is -0.440. The number of hydroxylamine groups is 1. The Hall–Kier alpha value is -0.460. The van der Waals surface area contributed by atoms with Crippen molar-refractivity contribution in [3.05, 3.63) is 0 Å². The van der Waals surface area contributed by atoms with Gasteiger partial charge in [-0.3, -0.25) is 16.1 Å². The third-order valence-corrected chi connectivity index (χ3v) is 0.120. The fourth-order valence-electron chi connectivity index (χ4n) is 0. The second-order valence-corrected chi connectivity index (χ2v) is 1.49. The summed E-state index contributed by atoms with van der Waals surface area (Å²) >= 11 is 0. The molecule has 0 atom stereocenters. The predicted molar refractivity (Wildman–Crippen MR) is 32.4 cm³/mol. The largest absolute Gasteiger partial charge is 0.368 e. The van der Waals surface area contributed by atoms with E-state index in [1.165, 1.54) is 5.48 Å². The van der Waals surface area contributed by atoms with Crippen LogP contribution in [-0.2, 0) is 0 Å². The molecule has 0 aliphatic heterocycles. The molecule has 0 radical (unpaired) electrons. The van der Waals surface area contributed by atoms with Crippen molar-refractivity contribution < 1.29 is 15.0 Å². The number of nitrogens with one attached hydrogen (secondary N) is 2. The van der Waals surface area contributed by atoms with Gasteiger partial charge in [0, 0.05) is 0 Å². The van der Waals surface area contributed by atoms with E-state index in [0.717, 1.165) is 0 Å². The van der Waals surface area contributed by atoms with Crippen LogP contribution in [0.1, 0.15) is 0 Å². The molecule has 0 bridgehead atoms. The minimum absolute atomic E-state index is 0.440. The summed E-state index contributed by atoms with van der Waals surface area (Å²) in [7, 11) is -2.12. The monoisotopic (exact) mass is 156 g/mol. The number of nitrogens with two attached hydrogens (primary N) is 2. The van der Waals surface area contributed by atoms with Crippen molar-refractivity contribution in [1.29, 1.82) is 5.41 Å². The second kappa shape index (κ2) is 7.54. The van der Waals surface area contributed by atoms with Gasteiger partial charge in [-0.25, -0.2) is 5.48 Å². The minimum atomic E-state index is -2.12. The molecule has 0 heterocycles. The normalized spacial score (nSPS) is 7.67. The van der Waals surface area contributed by atoms with E-state index < -0.39 is 14.5 Å². The second-order valence-electron chi connectivity index (χ2n) is 0.846. The topological polar surface area (TPSA) is 149 Å². The maximum atomic E-state index is 7.54. The zero-order chi connectivity index (χ0) is 7.86. The molecular formula is CH9N4O3P. The lowest BCUT2D eigenvalue weighted by Gasteiger charge is -1.84. The summed E-state index contributed by atoms with van der Waals surface area (Å²) in [5, 5.41) is 13.7. The molecule has 0 spiro atoms. The summed E-state index contributed by atoms with van der Waals surface area (Å²) in [6.45, 7) is 0. The van der Waals surface area contributed by atoms with Crippen molar-refractivity contribution >= 4 is 14.5 Å². The number of guanidine groups is 1. The molecule has 9 heavy (non-hydrogen) atoms. The minimum Gasteiger partial charge on any atom is -0.368 e. The first kappa shape index (κ1) is 11.4. The van der Waals surface area contributed by atoms with Crippen molar-refractivity contribution in [2.24, 2.45) is 11.2 Å². The van der Waals surface area contributed by atoms with Gasteiger partial charge in [0.2, 0.25) is 14.5 Å². The van der Waals surface area contributed by atoms with E-state index in [4.69, 9.17) is 20.4 Å². The third kappa shape index (κ3) is 97.6. The van der Waals surface area contributed by atoms with Gasteiger partial charge in [0.1, 0.15) is 0 Å². The standard InChI is InChI=1S/CH5N3O.H4NO2P/c2-1(3)4-5;1-4(2)3/h5H,(H4,2,3,4);2-3H,1H2.